The van der Waals surface area contributed by atoms with Crippen LogP contribution < -0.4 is 5.32 Å². The Morgan fingerprint density at radius 3 is 2.88 bits per heavy atom. The Morgan fingerprint density at radius 2 is 2.29 bits per heavy atom. The van der Waals surface area contributed by atoms with Gasteiger partial charge in [0, 0.05) is 17.5 Å². The van der Waals surface area contributed by atoms with Crippen LogP contribution in [0.1, 0.15) is 29.4 Å². The van der Waals surface area contributed by atoms with Gasteiger partial charge in [0.15, 0.2) is 0 Å². The summed E-state index contributed by atoms with van der Waals surface area (Å²) >= 11 is 1.82. The molecule has 0 bridgehead atoms. The van der Waals surface area contributed by atoms with Crippen molar-refractivity contribution in [2.24, 2.45) is 0 Å². The van der Waals surface area contributed by atoms with Gasteiger partial charge < -0.3 is 10.4 Å². The smallest absolute Gasteiger partial charge is 0.335 e. The third kappa shape index (κ3) is 4.65. The van der Waals surface area contributed by atoms with Gasteiger partial charge in [-0.05, 0) is 31.7 Å². The van der Waals surface area contributed by atoms with Gasteiger partial charge in [-0.25, -0.2) is 9.78 Å². The van der Waals surface area contributed by atoms with Gasteiger partial charge in [-0.15, -0.1) is 0 Å². The van der Waals surface area contributed by atoms with Crippen LogP contribution in [0.25, 0.3) is 0 Å². The molecule has 0 aliphatic heterocycles. The van der Waals surface area contributed by atoms with Crippen LogP contribution in [-0.2, 0) is 0 Å². The summed E-state index contributed by atoms with van der Waals surface area (Å²) in [6, 6.07) is 3.14. The molecule has 0 saturated heterocycles. The number of nitrogens with zero attached hydrogens (tertiary/aromatic N) is 1. The fourth-order valence-corrected chi connectivity index (χ4v) is 1.76. The van der Waals surface area contributed by atoms with Gasteiger partial charge in [0.1, 0.15) is 5.82 Å². The second kappa shape index (κ2) is 6.49. The Kier molecular flexibility index (Phi) is 5.28. The number of hydrogen-bond acceptors (Lipinski definition) is 4. The van der Waals surface area contributed by atoms with Crippen molar-refractivity contribution in [2.75, 3.05) is 18.1 Å². The molecule has 1 rings (SSSR count). The van der Waals surface area contributed by atoms with Crippen molar-refractivity contribution in [2.45, 2.75) is 25.5 Å². The van der Waals surface area contributed by atoms with Crippen molar-refractivity contribution in [3.63, 3.8) is 0 Å². The van der Waals surface area contributed by atoms with E-state index in [1.807, 2.05) is 11.8 Å². The molecule has 0 aliphatic carbocycles. The number of aryl methyl sites for hydroxylation is 1. The maximum atomic E-state index is 10.9. The largest absolute Gasteiger partial charge is 0.478 e. The fourth-order valence-electron chi connectivity index (χ4n) is 1.40. The molecular weight excluding hydrogens is 236 g/mol. The molecule has 0 spiro atoms. The monoisotopic (exact) mass is 254 g/mol. The quantitative estimate of drug-likeness (QED) is 0.817. The van der Waals surface area contributed by atoms with E-state index in [1.165, 1.54) is 0 Å². The Bertz CT molecular complexity index is 396. The third-order valence-electron chi connectivity index (χ3n) is 2.46. The van der Waals surface area contributed by atoms with E-state index in [9.17, 15) is 4.79 Å². The Morgan fingerprint density at radius 1 is 1.59 bits per heavy atom. The van der Waals surface area contributed by atoms with Gasteiger partial charge in [0.05, 0.1) is 5.56 Å². The third-order valence-corrected chi connectivity index (χ3v) is 3.50. The number of carboxylic acids is 1. The van der Waals surface area contributed by atoms with Crippen molar-refractivity contribution in [1.82, 2.24) is 4.98 Å². The zero-order chi connectivity index (χ0) is 12.8. The van der Waals surface area contributed by atoms with Gasteiger partial charge in [0.2, 0.25) is 0 Å². The molecule has 1 unspecified atom stereocenters. The van der Waals surface area contributed by atoms with Crippen molar-refractivity contribution in [3.8, 4) is 0 Å². The average molecular weight is 254 g/mol. The zero-order valence-corrected chi connectivity index (χ0v) is 11.2. The molecule has 94 valence electrons. The molecule has 1 aromatic heterocycles. The van der Waals surface area contributed by atoms with Crippen molar-refractivity contribution in [1.29, 1.82) is 0 Å². The predicted molar refractivity (Wildman–Crippen MR) is 72.0 cm³/mol. The summed E-state index contributed by atoms with van der Waals surface area (Å²) in [5.74, 6) is -0.285. The molecular formula is C12H18N2O2S. The summed E-state index contributed by atoms with van der Waals surface area (Å²) in [4.78, 5) is 15.1. The van der Waals surface area contributed by atoms with E-state index in [1.54, 1.807) is 19.1 Å². The SMILES string of the molecule is CSC(C)CCNc1cc(C(=O)O)cc(C)n1. The summed E-state index contributed by atoms with van der Waals surface area (Å²) in [5, 5.41) is 12.7. The standard InChI is InChI=1S/C12H18N2O2S/c1-8-6-10(12(15)16)7-11(14-8)13-5-4-9(2)17-3/h6-7,9H,4-5H2,1-3H3,(H,13,14)(H,15,16). The Hall–Kier alpha value is -1.23. The number of pyridine rings is 1. The van der Waals surface area contributed by atoms with Crippen LogP contribution in [0.3, 0.4) is 0 Å². The Labute approximate surface area is 106 Å². The van der Waals surface area contributed by atoms with Crippen LogP contribution >= 0.6 is 11.8 Å². The van der Waals surface area contributed by atoms with Crippen LogP contribution in [0, 0.1) is 6.92 Å². The highest BCUT2D eigenvalue weighted by molar-refractivity contribution is 7.99. The van der Waals surface area contributed by atoms with E-state index < -0.39 is 5.97 Å². The number of rotatable bonds is 6. The number of carboxylic acid groups (broad SMARTS) is 1. The summed E-state index contributed by atoms with van der Waals surface area (Å²) in [7, 11) is 0. The first-order chi connectivity index (χ1) is 8.02. The molecule has 0 radical (unpaired) electrons. The minimum atomic E-state index is -0.920. The molecule has 0 amide bonds. The maximum absolute atomic E-state index is 10.9. The lowest BCUT2D eigenvalue weighted by atomic mass is 10.2. The lowest BCUT2D eigenvalue weighted by molar-refractivity contribution is 0.0696. The van der Waals surface area contributed by atoms with E-state index in [-0.39, 0.29) is 5.56 Å². The Balaban J connectivity index is 2.62. The van der Waals surface area contributed by atoms with Gasteiger partial charge in [-0.1, -0.05) is 6.92 Å². The molecule has 0 aliphatic rings. The normalized spacial score (nSPS) is 12.2. The summed E-state index contributed by atoms with van der Waals surface area (Å²) in [5.41, 5.74) is 0.989. The van der Waals surface area contributed by atoms with Gasteiger partial charge >= 0.3 is 5.97 Å². The lowest BCUT2D eigenvalue weighted by Gasteiger charge is -2.10. The van der Waals surface area contributed by atoms with E-state index in [0.29, 0.717) is 16.8 Å². The van der Waals surface area contributed by atoms with Crippen molar-refractivity contribution >= 4 is 23.5 Å². The van der Waals surface area contributed by atoms with E-state index in [0.717, 1.165) is 13.0 Å². The topological polar surface area (TPSA) is 62.2 Å². The van der Waals surface area contributed by atoms with E-state index in [4.69, 9.17) is 5.11 Å². The first-order valence-corrected chi connectivity index (χ1v) is 6.80. The van der Waals surface area contributed by atoms with Crippen LogP contribution in [0.4, 0.5) is 5.82 Å². The van der Waals surface area contributed by atoms with E-state index >= 15 is 0 Å². The first kappa shape index (κ1) is 13.8. The molecule has 17 heavy (non-hydrogen) atoms. The number of aromatic carboxylic acids is 1. The van der Waals surface area contributed by atoms with Crippen LogP contribution in [0.5, 0.6) is 0 Å². The summed E-state index contributed by atoms with van der Waals surface area (Å²) < 4.78 is 0. The highest BCUT2D eigenvalue weighted by Crippen LogP contribution is 2.12. The highest BCUT2D eigenvalue weighted by atomic mass is 32.2. The second-order valence-corrected chi connectivity index (χ2v) is 5.23. The molecule has 0 saturated carbocycles. The van der Waals surface area contributed by atoms with Crippen molar-refractivity contribution in [3.05, 3.63) is 23.4 Å². The lowest BCUT2D eigenvalue weighted by Crippen LogP contribution is -2.10. The average Bonchev–Trinajstić information content (AvgIpc) is 2.28. The minimum Gasteiger partial charge on any atom is -0.478 e. The number of nitrogens with one attached hydrogen (secondary N) is 1. The molecule has 1 atom stereocenters. The van der Waals surface area contributed by atoms with Crippen LogP contribution in [0.2, 0.25) is 0 Å². The molecule has 5 heteroatoms. The van der Waals surface area contributed by atoms with Crippen LogP contribution in [-0.4, -0.2) is 34.1 Å². The first-order valence-electron chi connectivity index (χ1n) is 5.51. The maximum Gasteiger partial charge on any atom is 0.335 e. The highest BCUT2D eigenvalue weighted by Gasteiger charge is 2.06. The molecule has 1 heterocycles. The molecule has 2 N–H and O–H groups in total. The molecule has 0 aromatic carbocycles. The molecule has 1 aromatic rings. The van der Waals surface area contributed by atoms with Gasteiger partial charge in [0.25, 0.3) is 0 Å². The number of carbonyl (C=O) groups is 1. The number of thioether (sulfide) groups is 1. The number of aromatic nitrogens is 1. The molecule has 4 nitrogen and oxygen atoms in total. The second-order valence-electron chi connectivity index (χ2n) is 3.95. The molecule has 0 fully saturated rings. The summed E-state index contributed by atoms with van der Waals surface area (Å²) in [6.45, 7) is 4.76. The zero-order valence-electron chi connectivity index (χ0n) is 10.4. The van der Waals surface area contributed by atoms with Crippen LogP contribution in [0.15, 0.2) is 12.1 Å². The number of hydrogen-bond donors (Lipinski definition) is 2. The summed E-state index contributed by atoms with van der Waals surface area (Å²) in [6.07, 6.45) is 3.11. The van der Waals surface area contributed by atoms with Gasteiger partial charge in [-0.2, -0.15) is 11.8 Å². The predicted octanol–water partition coefficient (Wildman–Crippen LogP) is 2.64. The minimum absolute atomic E-state index is 0.276. The van der Waals surface area contributed by atoms with Crippen molar-refractivity contribution < 1.29 is 9.90 Å². The fraction of sp³-hybridized carbons (Fsp3) is 0.500. The van der Waals surface area contributed by atoms with Gasteiger partial charge in [-0.3, -0.25) is 0 Å². The van der Waals surface area contributed by atoms with E-state index in [2.05, 4.69) is 23.5 Å². The number of anilines is 1.